The number of aliphatic hydroxyl groups is 1. The van der Waals surface area contributed by atoms with Crippen LogP contribution in [0.25, 0.3) is 0 Å². The largest absolute Gasteiger partial charge is 0.396 e. The number of urea groups is 1. The van der Waals surface area contributed by atoms with Crippen LogP contribution in [0.3, 0.4) is 0 Å². The van der Waals surface area contributed by atoms with Gasteiger partial charge >= 0.3 is 6.03 Å². The van der Waals surface area contributed by atoms with Crippen molar-refractivity contribution in [2.24, 2.45) is 5.92 Å². The molecule has 0 spiro atoms. The summed E-state index contributed by atoms with van der Waals surface area (Å²) in [5.41, 5.74) is 2.34. The Kier molecular flexibility index (Phi) is 6.62. The van der Waals surface area contributed by atoms with E-state index in [0.717, 1.165) is 25.1 Å². The van der Waals surface area contributed by atoms with E-state index in [2.05, 4.69) is 41.6 Å². The molecule has 1 aliphatic rings. The number of hydrogen-bond donors (Lipinski definition) is 3. The Morgan fingerprint density at radius 2 is 2.13 bits per heavy atom. The number of carbonyl (C=O) groups is 1. The number of benzene rings is 1. The topological polar surface area (TPSA) is 64.6 Å². The summed E-state index contributed by atoms with van der Waals surface area (Å²) in [7, 11) is 2.09. The molecular weight excluding hydrogens is 290 g/mol. The van der Waals surface area contributed by atoms with E-state index in [1.807, 2.05) is 24.3 Å². The fraction of sp³-hybridized carbons (Fsp3) is 0.500. The molecule has 0 unspecified atom stereocenters. The minimum atomic E-state index is -0.172. The van der Waals surface area contributed by atoms with Gasteiger partial charge < -0.3 is 20.6 Å². The third-order valence-electron chi connectivity index (χ3n) is 4.16. The lowest BCUT2D eigenvalue weighted by molar-refractivity contribution is 0.231. The first-order valence-corrected chi connectivity index (χ1v) is 8.20. The molecule has 0 saturated carbocycles. The number of nitrogens with zero attached hydrogens (tertiary/aromatic N) is 1. The summed E-state index contributed by atoms with van der Waals surface area (Å²) in [6.45, 7) is 4.69. The summed E-state index contributed by atoms with van der Waals surface area (Å²) in [6, 6.07) is 8.12. The molecule has 126 valence electrons. The average molecular weight is 317 g/mol. The Labute approximate surface area is 138 Å². The van der Waals surface area contributed by atoms with Gasteiger partial charge in [-0.2, -0.15) is 0 Å². The first-order valence-electron chi connectivity index (χ1n) is 8.20. The molecule has 0 bridgehead atoms. The molecule has 1 aromatic carbocycles. The van der Waals surface area contributed by atoms with Crippen molar-refractivity contribution < 1.29 is 9.90 Å². The summed E-state index contributed by atoms with van der Waals surface area (Å²) in [5, 5.41) is 14.9. The number of aliphatic hydroxyl groups excluding tert-OH is 1. The highest BCUT2D eigenvalue weighted by Gasteiger charge is 2.19. The van der Waals surface area contributed by atoms with Crippen LogP contribution < -0.4 is 10.6 Å². The van der Waals surface area contributed by atoms with Crippen molar-refractivity contribution in [3.05, 3.63) is 47.5 Å². The van der Waals surface area contributed by atoms with Gasteiger partial charge in [0.2, 0.25) is 0 Å². The first kappa shape index (κ1) is 17.5. The van der Waals surface area contributed by atoms with Gasteiger partial charge in [-0.05, 0) is 31.1 Å². The normalized spacial score (nSPS) is 20.0. The number of hydrogen-bond acceptors (Lipinski definition) is 3. The second kappa shape index (κ2) is 8.70. The first-order chi connectivity index (χ1) is 11.1. The molecule has 5 nitrogen and oxygen atoms in total. The molecule has 0 saturated heterocycles. The molecule has 23 heavy (non-hydrogen) atoms. The van der Waals surface area contributed by atoms with Crippen LogP contribution in [0.2, 0.25) is 0 Å². The summed E-state index contributed by atoms with van der Waals surface area (Å²) < 4.78 is 0. The quantitative estimate of drug-likeness (QED) is 0.673. The van der Waals surface area contributed by atoms with Crippen molar-refractivity contribution in [2.75, 3.05) is 20.2 Å². The van der Waals surface area contributed by atoms with Gasteiger partial charge in [-0.15, -0.1) is 0 Å². The predicted octanol–water partition coefficient (Wildman–Crippen LogP) is 1.87. The summed E-state index contributed by atoms with van der Waals surface area (Å²) in [6.07, 6.45) is 4.67. The van der Waals surface area contributed by atoms with Crippen LogP contribution in [0.15, 0.2) is 36.4 Å². The lowest BCUT2D eigenvalue weighted by Gasteiger charge is -2.15. The van der Waals surface area contributed by atoms with E-state index in [1.165, 1.54) is 5.56 Å². The fourth-order valence-electron chi connectivity index (χ4n) is 2.68. The van der Waals surface area contributed by atoms with Crippen molar-refractivity contribution >= 4 is 6.03 Å². The summed E-state index contributed by atoms with van der Waals surface area (Å²) >= 11 is 0. The Bertz CT molecular complexity index is 545. The molecule has 2 amide bonds. The SMILES string of the molecule is CCN(C)Cc1cccc(CNC(=O)N[C@@H]2C=C[C@H](CO)C2)c1. The maximum absolute atomic E-state index is 11.9. The van der Waals surface area contributed by atoms with Gasteiger partial charge in [0.05, 0.1) is 0 Å². The minimum Gasteiger partial charge on any atom is -0.396 e. The van der Waals surface area contributed by atoms with E-state index >= 15 is 0 Å². The predicted molar refractivity (Wildman–Crippen MR) is 91.9 cm³/mol. The zero-order chi connectivity index (χ0) is 16.7. The second-order valence-corrected chi connectivity index (χ2v) is 6.15. The number of rotatable bonds is 7. The van der Waals surface area contributed by atoms with E-state index < -0.39 is 0 Å². The lowest BCUT2D eigenvalue weighted by Crippen LogP contribution is -2.40. The maximum atomic E-state index is 11.9. The molecule has 2 rings (SSSR count). The highest BCUT2D eigenvalue weighted by molar-refractivity contribution is 5.74. The Morgan fingerprint density at radius 1 is 1.35 bits per heavy atom. The molecule has 0 heterocycles. The van der Waals surface area contributed by atoms with Crippen LogP contribution in [0.4, 0.5) is 4.79 Å². The van der Waals surface area contributed by atoms with Crippen molar-refractivity contribution in [1.29, 1.82) is 0 Å². The van der Waals surface area contributed by atoms with Crippen molar-refractivity contribution in [1.82, 2.24) is 15.5 Å². The van der Waals surface area contributed by atoms with Gasteiger partial charge in [-0.3, -0.25) is 0 Å². The van der Waals surface area contributed by atoms with Crippen LogP contribution in [0, 0.1) is 5.92 Å². The Balaban J connectivity index is 1.78. The monoisotopic (exact) mass is 317 g/mol. The van der Waals surface area contributed by atoms with Crippen molar-refractivity contribution in [3.63, 3.8) is 0 Å². The standard InChI is InChI=1S/C18H27N3O2/c1-3-21(2)12-15-6-4-5-14(9-15)11-19-18(23)20-17-8-7-16(10-17)13-22/h4-9,16-17,22H,3,10-13H2,1-2H3,(H2,19,20,23)/t16-,17+/m0/s1. The molecule has 1 aromatic rings. The molecule has 5 heteroatoms. The fourth-order valence-corrected chi connectivity index (χ4v) is 2.68. The van der Waals surface area contributed by atoms with Gasteiger partial charge in [0.25, 0.3) is 0 Å². The van der Waals surface area contributed by atoms with E-state index in [-0.39, 0.29) is 24.6 Å². The highest BCUT2D eigenvalue weighted by Crippen LogP contribution is 2.16. The van der Waals surface area contributed by atoms with Crippen molar-refractivity contribution in [3.8, 4) is 0 Å². The van der Waals surface area contributed by atoms with Gasteiger partial charge in [0.15, 0.2) is 0 Å². The van der Waals surface area contributed by atoms with Crippen LogP contribution in [0.1, 0.15) is 24.5 Å². The third kappa shape index (κ3) is 5.69. The van der Waals surface area contributed by atoms with E-state index in [9.17, 15) is 4.79 Å². The molecular formula is C18H27N3O2. The van der Waals surface area contributed by atoms with Crippen LogP contribution in [-0.2, 0) is 13.1 Å². The van der Waals surface area contributed by atoms with Crippen molar-refractivity contribution in [2.45, 2.75) is 32.5 Å². The van der Waals surface area contributed by atoms with Crippen LogP contribution >= 0.6 is 0 Å². The molecule has 0 radical (unpaired) electrons. The molecule has 0 fully saturated rings. The van der Waals surface area contributed by atoms with E-state index in [0.29, 0.717) is 6.54 Å². The molecule has 1 aliphatic carbocycles. The minimum absolute atomic E-state index is 0.0108. The smallest absolute Gasteiger partial charge is 0.315 e. The molecule has 2 atom stereocenters. The Morgan fingerprint density at radius 3 is 2.83 bits per heavy atom. The summed E-state index contributed by atoms with van der Waals surface area (Å²) in [4.78, 5) is 14.2. The second-order valence-electron chi connectivity index (χ2n) is 6.15. The maximum Gasteiger partial charge on any atom is 0.315 e. The Hall–Kier alpha value is -1.85. The molecule has 0 aliphatic heterocycles. The molecule has 3 N–H and O–H groups in total. The zero-order valence-electron chi connectivity index (χ0n) is 14.0. The van der Waals surface area contributed by atoms with Gasteiger partial charge in [0.1, 0.15) is 0 Å². The van der Waals surface area contributed by atoms with Gasteiger partial charge in [-0.25, -0.2) is 4.79 Å². The lowest BCUT2D eigenvalue weighted by atomic mass is 10.1. The highest BCUT2D eigenvalue weighted by atomic mass is 16.3. The van der Waals surface area contributed by atoms with Crippen LogP contribution in [-0.4, -0.2) is 42.3 Å². The van der Waals surface area contributed by atoms with E-state index in [1.54, 1.807) is 0 Å². The number of carbonyl (C=O) groups excluding carboxylic acids is 1. The van der Waals surface area contributed by atoms with E-state index in [4.69, 9.17) is 5.11 Å². The average Bonchev–Trinajstić information content (AvgIpc) is 3.00. The van der Waals surface area contributed by atoms with Gasteiger partial charge in [-0.1, -0.05) is 43.3 Å². The number of nitrogens with one attached hydrogen (secondary N) is 2. The molecule has 0 aromatic heterocycles. The summed E-state index contributed by atoms with van der Waals surface area (Å²) in [5.74, 6) is 0.160. The van der Waals surface area contributed by atoms with Crippen LogP contribution in [0.5, 0.6) is 0 Å². The number of amides is 2. The van der Waals surface area contributed by atoms with Gasteiger partial charge in [0, 0.05) is 31.7 Å². The third-order valence-corrected chi connectivity index (χ3v) is 4.16. The zero-order valence-corrected chi connectivity index (χ0v) is 14.0.